The third kappa shape index (κ3) is 3.28. The van der Waals surface area contributed by atoms with Crippen LogP contribution in [0.4, 0.5) is 0 Å². The van der Waals surface area contributed by atoms with Crippen molar-refractivity contribution in [2.45, 2.75) is 45.6 Å². The molecule has 88 valence electrons. The molecule has 3 heteroatoms. The van der Waals surface area contributed by atoms with Crippen molar-refractivity contribution in [2.75, 3.05) is 13.2 Å². The second kappa shape index (κ2) is 6.23. The Bertz CT molecular complexity index is 193. The van der Waals surface area contributed by atoms with Crippen LogP contribution in [-0.2, 0) is 9.53 Å². The van der Waals surface area contributed by atoms with E-state index >= 15 is 0 Å². The predicted octanol–water partition coefficient (Wildman–Crippen LogP) is 1.78. The van der Waals surface area contributed by atoms with Gasteiger partial charge >= 0.3 is 0 Å². The molecule has 1 N–H and O–H groups in total. The molecule has 0 spiro atoms. The van der Waals surface area contributed by atoms with Crippen molar-refractivity contribution in [2.24, 2.45) is 11.8 Å². The first-order valence-electron chi connectivity index (χ1n) is 6.00. The SMILES string of the molecule is CCC(CC)C(O)C(=O)C1CCCOC1. The van der Waals surface area contributed by atoms with Gasteiger partial charge in [-0.15, -0.1) is 0 Å². The van der Waals surface area contributed by atoms with Gasteiger partial charge in [0.15, 0.2) is 5.78 Å². The van der Waals surface area contributed by atoms with Gasteiger partial charge in [-0.2, -0.15) is 0 Å². The molecule has 2 atom stereocenters. The first-order chi connectivity index (χ1) is 7.20. The highest BCUT2D eigenvalue weighted by molar-refractivity contribution is 5.85. The number of hydrogen-bond donors (Lipinski definition) is 1. The Hall–Kier alpha value is -0.410. The molecule has 0 aliphatic carbocycles. The van der Waals surface area contributed by atoms with E-state index in [1.54, 1.807) is 0 Å². The number of ketones is 1. The summed E-state index contributed by atoms with van der Waals surface area (Å²) in [7, 11) is 0. The van der Waals surface area contributed by atoms with Crippen LogP contribution in [0.3, 0.4) is 0 Å². The zero-order valence-electron chi connectivity index (χ0n) is 9.74. The molecular weight excluding hydrogens is 192 g/mol. The zero-order valence-corrected chi connectivity index (χ0v) is 9.74. The highest BCUT2D eigenvalue weighted by atomic mass is 16.5. The molecule has 3 nitrogen and oxygen atoms in total. The van der Waals surface area contributed by atoms with Crippen LogP contribution in [0.2, 0.25) is 0 Å². The fraction of sp³-hybridized carbons (Fsp3) is 0.917. The van der Waals surface area contributed by atoms with E-state index in [-0.39, 0.29) is 17.6 Å². The number of Topliss-reactive ketones (excluding diaryl/α,β-unsaturated/α-hetero) is 1. The maximum atomic E-state index is 11.9. The Morgan fingerprint density at radius 3 is 2.60 bits per heavy atom. The highest BCUT2D eigenvalue weighted by Gasteiger charge is 2.30. The Morgan fingerprint density at radius 2 is 2.13 bits per heavy atom. The van der Waals surface area contributed by atoms with E-state index in [1.165, 1.54) is 0 Å². The van der Waals surface area contributed by atoms with E-state index in [0.717, 1.165) is 32.3 Å². The number of aliphatic hydroxyl groups is 1. The molecule has 1 saturated heterocycles. The van der Waals surface area contributed by atoms with Crippen LogP contribution in [0.15, 0.2) is 0 Å². The molecule has 2 unspecified atom stereocenters. The van der Waals surface area contributed by atoms with Crippen LogP contribution in [0.1, 0.15) is 39.5 Å². The molecular formula is C12H22O3. The smallest absolute Gasteiger partial charge is 0.166 e. The van der Waals surface area contributed by atoms with Gasteiger partial charge in [-0.05, 0) is 18.8 Å². The summed E-state index contributed by atoms with van der Waals surface area (Å²) >= 11 is 0. The average Bonchev–Trinajstić information content (AvgIpc) is 2.30. The second-order valence-electron chi connectivity index (χ2n) is 4.34. The minimum atomic E-state index is -0.785. The molecule has 0 saturated carbocycles. The van der Waals surface area contributed by atoms with Gasteiger partial charge in [-0.3, -0.25) is 4.79 Å². The van der Waals surface area contributed by atoms with Crippen LogP contribution in [0.5, 0.6) is 0 Å². The van der Waals surface area contributed by atoms with Crippen molar-refractivity contribution < 1.29 is 14.6 Å². The van der Waals surface area contributed by atoms with Crippen LogP contribution in [0.25, 0.3) is 0 Å². The topological polar surface area (TPSA) is 46.5 Å². The number of rotatable bonds is 5. The lowest BCUT2D eigenvalue weighted by Gasteiger charge is -2.26. The third-order valence-electron chi connectivity index (χ3n) is 3.35. The van der Waals surface area contributed by atoms with Crippen LogP contribution >= 0.6 is 0 Å². The number of ether oxygens (including phenoxy) is 1. The molecule has 1 aliphatic rings. The fourth-order valence-electron chi connectivity index (χ4n) is 2.17. The summed E-state index contributed by atoms with van der Waals surface area (Å²) in [6.45, 7) is 5.28. The number of carbonyl (C=O) groups excluding carboxylic acids is 1. The number of aliphatic hydroxyl groups excluding tert-OH is 1. The molecule has 0 aromatic carbocycles. The normalized spacial score (nSPS) is 24.1. The maximum absolute atomic E-state index is 11.9. The lowest BCUT2D eigenvalue weighted by atomic mass is 9.86. The van der Waals surface area contributed by atoms with Gasteiger partial charge in [0.1, 0.15) is 6.10 Å². The standard InChI is InChI=1S/C12H22O3/c1-3-9(4-2)11(13)12(14)10-6-5-7-15-8-10/h9-11,13H,3-8H2,1-2H3. The van der Waals surface area contributed by atoms with E-state index in [0.29, 0.717) is 6.61 Å². The summed E-state index contributed by atoms with van der Waals surface area (Å²) in [6, 6.07) is 0. The van der Waals surface area contributed by atoms with Gasteiger partial charge in [0.05, 0.1) is 6.61 Å². The van der Waals surface area contributed by atoms with Crippen molar-refractivity contribution in [3.63, 3.8) is 0 Å². The van der Waals surface area contributed by atoms with Gasteiger partial charge < -0.3 is 9.84 Å². The summed E-state index contributed by atoms with van der Waals surface area (Å²) in [5.41, 5.74) is 0. The van der Waals surface area contributed by atoms with Crippen molar-refractivity contribution >= 4 is 5.78 Å². The molecule has 0 aromatic rings. The van der Waals surface area contributed by atoms with E-state index in [4.69, 9.17) is 4.74 Å². The average molecular weight is 214 g/mol. The maximum Gasteiger partial charge on any atom is 0.166 e. The van der Waals surface area contributed by atoms with Crippen molar-refractivity contribution in [3.05, 3.63) is 0 Å². The Labute approximate surface area is 91.8 Å². The number of carbonyl (C=O) groups is 1. The van der Waals surface area contributed by atoms with Gasteiger partial charge in [-0.1, -0.05) is 26.7 Å². The first-order valence-corrected chi connectivity index (χ1v) is 6.00. The monoisotopic (exact) mass is 214 g/mol. The molecule has 1 heterocycles. The quantitative estimate of drug-likeness (QED) is 0.758. The fourth-order valence-corrected chi connectivity index (χ4v) is 2.17. The number of hydrogen-bond acceptors (Lipinski definition) is 3. The largest absolute Gasteiger partial charge is 0.385 e. The van der Waals surface area contributed by atoms with Crippen LogP contribution < -0.4 is 0 Å². The Morgan fingerprint density at radius 1 is 1.47 bits per heavy atom. The first kappa shape index (κ1) is 12.7. The summed E-state index contributed by atoms with van der Waals surface area (Å²) in [6.07, 6.45) is 2.74. The van der Waals surface area contributed by atoms with Crippen molar-refractivity contribution in [1.82, 2.24) is 0 Å². The molecule has 15 heavy (non-hydrogen) atoms. The molecule has 0 bridgehead atoms. The zero-order chi connectivity index (χ0) is 11.3. The van der Waals surface area contributed by atoms with Crippen molar-refractivity contribution in [3.8, 4) is 0 Å². The lowest BCUT2D eigenvalue weighted by Crippen LogP contribution is -2.37. The van der Waals surface area contributed by atoms with E-state index in [9.17, 15) is 9.90 Å². The van der Waals surface area contributed by atoms with E-state index < -0.39 is 6.10 Å². The molecule has 0 radical (unpaired) electrons. The van der Waals surface area contributed by atoms with Crippen molar-refractivity contribution in [1.29, 1.82) is 0 Å². The lowest BCUT2D eigenvalue weighted by molar-refractivity contribution is -0.138. The molecule has 0 amide bonds. The Balaban J connectivity index is 2.49. The van der Waals surface area contributed by atoms with Gasteiger partial charge in [0.25, 0.3) is 0 Å². The predicted molar refractivity (Wildman–Crippen MR) is 58.6 cm³/mol. The van der Waals surface area contributed by atoms with E-state index in [1.807, 2.05) is 13.8 Å². The van der Waals surface area contributed by atoms with E-state index in [2.05, 4.69) is 0 Å². The minimum Gasteiger partial charge on any atom is -0.385 e. The highest BCUT2D eigenvalue weighted by Crippen LogP contribution is 2.21. The van der Waals surface area contributed by atoms with Gasteiger partial charge in [0, 0.05) is 12.5 Å². The van der Waals surface area contributed by atoms with Gasteiger partial charge in [-0.25, -0.2) is 0 Å². The molecule has 1 fully saturated rings. The Kier molecular flexibility index (Phi) is 5.26. The van der Waals surface area contributed by atoms with Crippen LogP contribution in [-0.4, -0.2) is 30.2 Å². The third-order valence-corrected chi connectivity index (χ3v) is 3.35. The molecule has 1 aliphatic heterocycles. The summed E-state index contributed by atoms with van der Waals surface area (Å²) in [5, 5.41) is 9.92. The van der Waals surface area contributed by atoms with Crippen LogP contribution in [0, 0.1) is 11.8 Å². The van der Waals surface area contributed by atoms with Gasteiger partial charge in [0.2, 0.25) is 0 Å². The minimum absolute atomic E-state index is 0.0107. The summed E-state index contributed by atoms with van der Waals surface area (Å²) in [5.74, 6) is 0.0252. The second-order valence-corrected chi connectivity index (χ2v) is 4.34. The summed E-state index contributed by atoms with van der Waals surface area (Å²) < 4.78 is 5.27. The molecule has 0 aromatic heterocycles. The molecule has 1 rings (SSSR count). The summed E-state index contributed by atoms with van der Waals surface area (Å²) in [4.78, 5) is 11.9.